The number of pyridine rings is 1. The Kier molecular flexibility index (Phi) is 5.05. The summed E-state index contributed by atoms with van der Waals surface area (Å²) in [4.78, 5) is 0. The van der Waals surface area contributed by atoms with Gasteiger partial charge in [-0.05, 0) is 35.2 Å². The van der Waals surface area contributed by atoms with Crippen LogP contribution in [0.5, 0.6) is 5.75 Å². The number of aryl methyl sites for hydroxylation is 2. The van der Waals surface area contributed by atoms with E-state index in [9.17, 15) is 5.11 Å². The lowest BCUT2D eigenvalue weighted by atomic mass is 10.1. The molecule has 0 bridgehead atoms. The number of fused-ring (bicyclic) bond motifs is 1. The van der Waals surface area contributed by atoms with E-state index in [2.05, 4.69) is 29.1 Å². The number of hydrogen-bond acceptors (Lipinski definition) is 1. The molecule has 3 aromatic rings. The van der Waals surface area contributed by atoms with Gasteiger partial charge in [0.25, 0.3) is 0 Å². The normalized spacial score (nSPS) is 10.3. The number of hydrogen-bond donors (Lipinski definition) is 1. The number of aromatic nitrogens is 1. The summed E-state index contributed by atoms with van der Waals surface area (Å²) < 4.78 is 2.13. The quantitative estimate of drug-likeness (QED) is 0.707. The first kappa shape index (κ1) is 15.6. The van der Waals surface area contributed by atoms with Crippen molar-refractivity contribution >= 4 is 22.4 Å². The molecule has 0 atom stereocenters. The average molecular weight is 320 g/mol. The van der Waals surface area contributed by atoms with Crippen molar-refractivity contribution in [1.29, 1.82) is 0 Å². The zero-order valence-corrected chi connectivity index (χ0v) is 12.8. The predicted molar refractivity (Wildman–Crippen MR) is 81.0 cm³/mol. The molecule has 0 aliphatic rings. The Morgan fingerprint density at radius 3 is 2.67 bits per heavy atom. The Morgan fingerprint density at radius 2 is 1.86 bits per heavy atom. The first-order chi connectivity index (χ1) is 9.70. The van der Waals surface area contributed by atoms with Crippen molar-refractivity contribution in [3.63, 3.8) is 0 Å². The van der Waals surface area contributed by atoms with Crippen LogP contribution in [0, 0.1) is 0 Å². The second-order valence-electron chi connectivity index (χ2n) is 4.88. The summed E-state index contributed by atoms with van der Waals surface area (Å²) in [7, 11) is 0. The third kappa shape index (κ3) is 3.87. The Hall–Kier alpha value is -1.77. The van der Waals surface area contributed by atoms with E-state index < -0.39 is 0 Å². The summed E-state index contributed by atoms with van der Waals surface area (Å²) in [6.45, 7) is 0.881. The summed E-state index contributed by atoms with van der Waals surface area (Å²) in [5.41, 5.74) is 1.22. The van der Waals surface area contributed by atoms with E-state index in [4.69, 9.17) is 11.6 Å². The van der Waals surface area contributed by atoms with E-state index in [1.165, 1.54) is 5.56 Å². The number of phenolic OH excluding ortho intramolecular Hbond substituents is 1. The highest BCUT2D eigenvalue weighted by molar-refractivity contribution is 6.30. The van der Waals surface area contributed by atoms with Crippen molar-refractivity contribution in [2.45, 2.75) is 13.0 Å². The summed E-state index contributed by atoms with van der Waals surface area (Å²) >= 11 is 5.99. The maximum Gasteiger partial charge on any atom is 0.176 e. The van der Waals surface area contributed by atoms with Crippen molar-refractivity contribution < 1.29 is 22.1 Å². The summed E-state index contributed by atoms with van der Waals surface area (Å²) in [5.74, 6) is 0.296. The molecular formula is C17H15Cl2NO. The molecule has 0 saturated carbocycles. The van der Waals surface area contributed by atoms with E-state index >= 15 is 0 Å². The minimum absolute atomic E-state index is 0. The highest BCUT2D eigenvalue weighted by Gasteiger charge is 2.05. The number of aromatic hydroxyl groups is 1. The zero-order chi connectivity index (χ0) is 13.9. The van der Waals surface area contributed by atoms with Gasteiger partial charge in [-0.25, -0.2) is 4.57 Å². The van der Waals surface area contributed by atoms with Gasteiger partial charge in [-0.2, -0.15) is 0 Å². The van der Waals surface area contributed by atoms with Gasteiger partial charge in [0.1, 0.15) is 5.75 Å². The largest absolute Gasteiger partial charge is 1.00 e. The minimum Gasteiger partial charge on any atom is -1.00 e. The third-order valence-electron chi connectivity index (χ3n) is 3.37. The monoisotopic (exact) mass is 319 g/mol. The Labute approximate surface area is 135 Å². The van der Waals surface area contributed by atoms with Crippen molar-refractivity contribution in [2.24, 2.45) is 0 Å². The van der Waals surface area contributed by atoms with Gasteiger partial charge < -0.3 is 17.5 Å². The molecule has 0 fully saturated rings. The van der Waals surface area contributed by atoms with Gasteiger partial charge in [0, 0.05) is 22.9 Å². The number of benzene rings is 2. The molecule has 0 radical (unpaired) electrons. The highest BCUT2D eigenvalue weighted by Crippen LogP contribution is 2.17. The molecule has 1 heterocycles. The Balaban J connectivity index is 0.00000161. The topological polar surface area (TPSA) is 24.1 Å². The van der Waals surface area contributed by atoms with E-state index in [1.807, 2.05) is 24.3 Å². The smallest absolute Gasteiger partial charge is 0.176 e. The van der Waals surface area contributed by atoms with Gasteiger partial charge in [-0.15, -0.1) is 0 Å². The van der Waals surface area contributed by atoms with Gasteiger partial charge in [-0.1, -0.05) is 29.8 Å². The van der Waals surface area contributed by atoms with Crippen molar-refractivity contribution in [3.8, 4) is 5.75 Å². The molecule has 0 saturated heterocycles. The molecule has 2 aromatic carbocycles. The molecule has 0 unspecified atom stereocenters. The van der Waals surface area contributed by atoms with Crippen LogP contribution in [0.15, 0.2) is 60.9 Å². The van der Waals surface area contributed by atoms with Gasteiger partial charge >= 0.3 is 0 Å². The molecule has 1 aromatic heterocycles. The zero-order valence-electron chi connectivity index (χ0n) is 11.3. The van der Waals surface area contributed by atoms with Crippen molar-refractivity contribution in [2.75, 3.05) is 0 Å². The molecule has 4 heteroatoms. The lowest BCUT2D eigenvalue weighted by molar-refractivity contribution is -0.695. The molecule has 21 heavy (non-hydrogen) atoms. The molecule has 2 nitrogen and oxygen atoms in total. The van der Waals surface area contributed by atoms with Gasteiger partial charge in [0.05, 0.1) is 0 Å². The highest BCUT2D eigenvalue weighted by atomic mass is 35.5. The van der Waals surface area contributed by atoms with E-state index in [0.717, 1.165) is 28.8 Å². The molecular weight excluding hydrogens is 305 g/mol. The van der Waals surface area contributed by atoms with Crippen LogP contribution >= 0.6 is 11.6 Å². The number of phenols is 1. The van der Waals surface area contributed by atoms with Crippen molar-refractivity contribution in [3.05, 3.63) is 71.5 Å². The molecule has 1 N–H and O–H groups in total. The van der Waals surface area contributed by atoms with E-state index in [-0.39, 0.29) is 12.4 Å². The third-order valence-corrected chi connectivity index (χ3v) is 3.60. The Morgan fingerprint density at radius 1 is 1.00 bits per heavy atom. The molecule has 0 aliphatic heterocycles. The fourth-order valence-corrected chi connectivity index (χ4v) is 2.53. The predicted octanol–water partition coefficient (Wildman–Crippen LogP) is 0.733. The van der Waals surface area contributed by atoms with Crippen LogP contribution in [0.4, 0.5) is 0 Å². The second-order valence-corrected chi connectivity index (χ2v) is 5.31. The van der Waals surface area contributed by atoms with Crippen LogP contribution in [0.3, 0.4) is 0 Å². The van der Waals surface area contributed by atoms with Crippen LogP contribution < -0.4 is 17.0 Å². The van der Waals surface area contributed by atoms with E-state index in [1.54, 1.807) is 12.1 Å². The van der Waals surface area contributed by atoms with E-state index in [0.29, 0.717) is 5.75 Å². The van der Waals surface area contributed by atoms with Crippen LogP contribution in [-0.2, 0) is 13.0 Å². The maximum absolute atomic E-state index is 9.54. The van der Waals surface area contributed by atoms with Gasteiger partial charge in [0.2, 0.25) is 0 Å². The first-order valence-corrected chi connectivity index (χ1v) is 6.95. The number of rotatable bonds is 3. The minimum atomic E-state index is 0. The lowest BCUT2D eigenvalue weighted by Gasteiger charge is -2.01. The summed E-state index contributed by atoms with van der Waals surface area (Å²) in [6.07, 6.45) is 5.04. The number of nitrogens with zero attached hydrogens (tertiary/aromatic N) is 1. The molecule has 3 rings (SSSR count). The molecule has 0 spiro atoms. The summed E-state index contributed by atoms with van der Waals surface area (Å²) in [6, 6.07) is 15.4. The molecule has 108 valence electrons. The SMILES string of the molecule is Oc1ccc2cc[n+](CCc3cccc(Cl)c3)cc2c1.[Cl-]. The van der Waals surface area contributed by atoms with Crippen LogP contribution in [0.1, 0.15) is 5.56 Å². The number of halogens is 2. The second kappa shape index (κ2) is 6.79. The fourth-order valence-electron chi connectivity index (χ4n) is 2.31. The average Bonchev–Trinajstić information content (AvgIpc) is 2.45. The standard InChI is InChI=1S/C17H14ClNO.ClH/c18-16-3-1-2-13(10-16)6-8-19-9-7-14-4-5-17(20)11-15(14)12-19;/h1-5,7,9-12H,6,8H2;1H. The maximum atomic E-state index is 9.54. The molecule has 0 aliphatic carbocycles. The van der Waals surface area contributed by atoms with Gasteiger partial charge in [-0.3, -0.25) is 0 Å². The fraction of sp³-hybridized carbons (Fsp3) is 0.118. The Bertz CT molecular complexity index is 759. The molecule has 0 amide bonds. The van der Waals surface area contributed by atoms with Crippen LogP contribution in [-0.4, -0.2) is 5.11 Å². The lowest BCUT2D eigenvalue weighted by Crippen LogP contribution is -3.00. The summed E-state index contributed by atoms with van der Waals surface area (Å²) in [5, 5.41) is 12.5. The van der Waals surface area contributed by atoms with Crippen LogP contribution in [0.25, 0.3) is 10.8 Å². The first-order valence-electron chi connectivity index (χ1n) is 6.57. The van der Waals surface area contributed by atoms with Crippen molar-refractivity contribution in [1.82, 2.24) is 0 Å². The van der Waals surface area contributed by atoms with Gasteiger partial charge in [0.15, 0.2) is 18.9 Å². The van der Waals surface area contributed by atoms with Crippen LogP contribution in [0.2, 0.25) is 5.02 Å².